The number of hydrogen-bond acceptors (Lipinski definition) is 7. The summed E-state index contributed by atoms with van der Waals surface area (Å²) in [7, 11) is 1.55. The summed E-state index contributed by atoms with van der Waals surface area (Å²) in [6.07, 6.45) is 1.92. The van der Waals surface area contributed by atoms with Crippen molar-refractivity contribution in [3.63, 3.8) is 0 Å². The molecule has 1 aromatic carbocycles. The molecule has 3 rings (SSSR count). The van der Waals surface area contributed by atoms with Crippen LogP contribution in [0.15, 0.2) is 48.7 Å². The first-order chi connectivity index (χ1) is 20.9. The van der Waals surface area contributed by atoms with Crippen molar-refractivity contribution in [3.8, 4) is 5.75 Å². The SMILES string of the molecule is COc1ccc(C[C@@H]2NC(=O)[C@H](CC(C)C)NC(=O)CN(C(=O)c3ccccn3)C[C@H](C(C)C)NC(=O)[C@@H](C)NC2=O)cc1. The number of nitrogens with one attached hydrogen (secondary N) is 4. The van der Waals surface area contributed by atoms with Crippen LogP contribution in [0.3, 0.4) is 0 Å². The number of aromatic nitrogens is 1. The molecule has 1 aliphatic rings. The Morgan fingerprint density at radius 3 is 2.18 bits per heavy atom. The van der Waals surface area contributed by atoms with Crippen molar-refractivity contribution in [2.24, 2.45) is 11.8 Å². The Kier molecular flexibility index (Phi) is 12.2. The second-order valence-corrected chi connectivity index (χ2v) is 11.9. The third kappa shape index (κ3) is 9.78. The standard InChI is InChI=1S/C32H44N6O6/c1-19(2)15-25-31(42)36-26(16-22-10-12-23(44-6)13-11-22)30(41)34-21(5)29(40)37-27(20(3)4)17-38(18-28(39)35-25)32(43)24-9-7-8-14-33-24/h7-14,19-21,25-27H,15-18H2,1-6H3,(H,34,41)(H,35,39)(H,36,42)(H,37,40)/t21-,25+,26+,27-/m1/s1. The highest BCUT2D eigenvalue weighted by Gasteiger charge is 2.32. The topological polar surface area (TPSA) is 159 Å². The average molecular weight is 609 g/mol. The van der Waals surface area contributed by atoms with Crippen LogP contribution >= 0.6 is 0 Å². The van der Waals surface area contributed by atoms with Gasteiger partial charge in [-0.2, -0.15) is 0 Å². The summed E-state index contributed by atoms with van der Waals surface area (Å²) in [6.45, 7) is 8.81. The van der Waals surface area contributed by atoms with E-state index < -0.39 is 53.7 Å². The van der Waals surface area contributed by atoms with Gasteiger partial charge in [0.25, 0.3) is 5.91 Å². The Labute approximate surface area is 258 Å². The van der Waals surface area contributed by atoms with Crippen LogP contribution in [0.5, 0.6) is 5.75 Å². The molecule has 4 N–H and O–H groups in total. The number of carbonyl (C=O) groups excluding carboxylic acids is 5. The lowest BCUT2D eigenvalue weighted by molar-refractivity contribution is -0.133. The smallest absolute Gasteiger partial charge is 0.272 e. The lowest BCUT2D eigenvalue weighted by atomic mass is 10.0. The first kappa shape index (κ1) is 34.0. The highest BCUT2D eigenvalue weighted by molar-refractivity contribution is 5.97. The van der Waals surface area contributed by atoms with Crippen LogP contribution in [0, 0.1) is 11.8 Å². The van der Waals surface area contributed by atoms with E-state index in [4.69, 9.17) is 4.74 Å². The number of pyridine rings is 1. The summed E-state index contributed by atoms with van der Waals surface area (Å²) in [6, 6.07) is 8.49. The molecule has 0 aliphatic carbocycles. The maximum Gasteiger partial charge on any atom is 0.272 e. The molecule has 5 amide bonds. The van der Waals surface area contributed by atoms with Crippen LogP contribution in [-0.4, -0.2) is 83.8 Å². The predicted molar refractivity (Wildman–Crippen MR) is 165 cm³/mol. The number of rotatable bonds is 7. The van der Waals surface area contributed by atoms with Crippen molar-refractivity contribution in [2.75, 3.05) is 20.2 Å². The van der Waals surface area contributed by atoms with E-state index in [0.717, 1.165) is 5.56 Å². The van der Waals surface area contributed by atoms with Gasteiger partial charge in [0.15, 0.2) is 0 Å². The molecule has 1 aromatic heterocycles. The summed E-state index contributed by atoms with van der Waals surface area (Å²) in [5, 5.41) is 11.2. The van der Waals surface area contributed by atoms with Gasteiger partial charge in [-0.05, 0) is 55.0 Å². The zero-order valence-electron chi connectivity index (χ0n) is 26.3. The van der Waals surface area contributed by atoms with Crippen molar-refractivity contribution in [1.29, 1.82) is 0 Å². The zero-order valence-corrected chi connectivity index (χ0v) is 26.3. The molecule has 12 heteroatoms. The summed E-state index contributed by atoms with van der Waals surface area (Å²) in [5.41, 5.74) is 0.903. The molecule has 238 valence electrons. The van der Waals surface area contributed by atoms with Crippen LogP contribution in [-0.2, 0) is 25.6 Å². The van der Waals surface area contributed by atoms with Gasteiger partial charge in [0.2, 0.25) is 23.6 Å². The number of benzene rings is 1. The summed E-state index contributed by atoms with van der Waals surface area (Å²) < 4.78 is 5.22. The van der Waals surface area contributed by atoms with Gasteiger partial charge in [0.1, 0.15) is 29.6 Å². The number of carbonyl (C=O) groups is 5. The molecular weight excluding hydrogens is 564 g/mol. The fraction of sp³-hybridized carbons (Fsp3) is 0.500. The first-order valence-electron chi connectivity index (χ1n) is 14.9. The molecular formula is C32H44N6O6. The van der Waals surface area contributed by atoms with Gasteiger partial charge < -0.3 is 30.9 Å². The Balaban J connectivity index is 1.98. The lowest BCUT2D eigenvalue weighted by Gasteiger charge is -2.31. The molecule has 1 aliphatic heterocycles. The molecule has 1 saturated heterocycles. The van der Waals surface area contributed by atoms with Crippen molar-refractivity contribution in [1.82, 2.24) is 31.2 Å². The van der Waals surface area contributed by atoms with E-state index in [1.807, 2.05) is 27.7 Å². The minimum atomic E-state index is -1.04. The van der Waals surface area contributed by atoms with E-state index in [1.165, 1.54) is 11.1 Å². The molecule has 0 radical (unpaired) electrons. The van der Waals surface area contributed by atoms with Gasteiger partial charge in [-0.3, -0.25) is 29.0 Å². The van der Waals surface area contributed by atoms with Crippen molar-refractivity contribution >= 4 is 29.5 Å². The summed E-state index contributed by atoms with van der Waals surface area (Å²) in [5.74, 6) is -2.05. The van der Waals surface area contributed by atoms with Gasteiger partial charge in [0.05, 0.1) is 13.7 Å². The van der Waals surface area contributed by atoms with E-state index in [0.29, 0.717) is 12.2 Å². The number of nitrogens with zero attached hydrogens (tertiary/aromatic N) is 2. The highest BCUT2D eigenvalue weighted by Crippen LogP contribution is 2.15. The maximum atomic E-state index is 13.6. The number of ether oxygens (including phenoxy) is 1. The summed E-state index contributed by atoms with van der Waals surface area (Å²) in [4.78, 5) is 72.8. The van der Waals surface area contributed by atoms with Crippen LogP contribution in [0.25, 0.3) is 0 Å². The van der Waals surface area contributed by atoms with Gasteiger partial charge >= 0.3 is 0 Å². The van der Waals surface area contributed by atoms with Crippen LogP contribution in [0.2, 0.25) is 0 Å². The molecule has 1 fully saturated rings. The summed E-state index contributed by atoms with van der Waals surface area (Å²) >= 11 is 0. The van der Waals surface area contributed by atoms with Crippen LogP contribution < -0.4 is 26.0 Å². The predicted octanol–water partition coefficient (Wildman–Crippen LogP) is 1.45. The van der Waals surface area contributed by atoms with Crippen molar-refractivity contribution in [2.45, 2.75) is 71.6 Å². The van der Waals surface area contributed by atoms with Crippen LogP contribution in [0.4, 0.5) is 0 Å². The Hall–Kier alpha value is -4.48. The maximum absolute atomic E-state index is 13.6. The van der Waals surface area contributed by atoms with Crippen LogP contribution in [0.1, 0.15) is 57.1 Å². The van der Waals surface area contributed by atoms with E-state index in [2.05, 4.69) is 26.3 Å². The fourth-order valence-corrected chi connectivity index (χ4v) is 4.81. The number of hydrogen-bond donors (Lipinski definition) is 4. The first-order valence-corrected chi connectivity index (χ1v) is 14.9. The minimum absolute atomic E-state index is 0.00798. The van der Waals surface area contributed by atoms with Gasteiger partial charge in [-0.25, -0.2) is 0 Å². The fourth-order valence-electron chi connectivity index (χ4n) is 4.81. The van der Waals surface area contributed by atoms with Crippen molar-refractivity contribution in [3.05, 3.63) is 59.9 Å². The van der Waals surface area contributed by atoms with E-state index >= 15 is 0 Å². The van der Waals surface area contributed by atoms with E-state index in [1.54, 1.807) is 56.5 Å². The molecule has 44 heavy (non-hydrogen) atoms. The van der Waals surface area contributed by atoms with Gasteiger partial charge in [-0.15, -0.1) is 0 Å². The minimum Gasteiger partial charge on any atom is -0.497 e. The molecule has 0 saturated carbocycles. The van der Waals surface area contributed by atoms with Gasteiger partial charge in [-0.1, -0.05) is 45.9 Å². The largest absolute Gasteiger partial charge is 0.497 e. The normalized spacial score (nSPS) is 22.3. The molecule has 12 nitrogen and oxygen atoms in total. The van der Waals surface area contributed by atoms with E-state index in [9.17, 15) is 24.0 Å². The quantitative estimate of drug-likeness (QED) is 0.370. The second kappa shape index (κ2) is 15.8. The average Bonchev–Trinajstić information content (AvgIpc) is 2.99. The Morgan fingerprint density at radius 2 is 1.59 bits per heavy atom. The van der Waals surface area contributed by atoms with Crippen molar-refractivity contribution < 1.29 is 28.7 Å². The highest BCUT2D eigenvalue weighted by atomic mass is 16.5. The van der Waals surface area contributed by atoms with E-state index in [-0.39, 0.29) is 37.0 Å². The second-order valence-electron chi connectivity index (χ2n) is 11.9. The number of amides is 5. The molecule has 0 bridgehead atoms. The molecule has 0 unspecified atom stereocenters. The van der Waals surface area contributed by atoms with Gasteiger partial charge in [0, 0.05) is 25.2 Å². The molecule has 2 heterocycles. The third-order valence-electron chi connectivity index (χ3n) is 7.40. The monoisotopic (exact) mass is 608 g/mol. The molecule has 2 aromatic rings. The Bertz CT molecular complexity index is 1300. The zero-order chi connectivity index (χ0) is 32.4. The number of methoxy groups -OCH3 is 1. The molecule has 0 spiro atoms. The Morgan fingerprint density at radius 1 is 0.909 bits per heavy atom. The lowest BCUT2D eigenvalue weighted by Crippen LogP contribution is -2.57. The third-order valence-corrected chi connectivity index (χ3v) is 7.40. The molecule has 4 atom stereocenters.